The molecule has 1 N–H and O–H groups in total. The molecule has 0 saturated heterocycles. The third kappa shape index (κ3) is 4.48. The number of halogens is 2. The Morgan fingerprint density at radius 3 is 2.86 bits per heavy atom. The summed E-state index contributed by atoms with van der Waals surface area (Å²) in [5.74, 6) is 1.25. The van der Waals surface area contributed by atoms with E-state index in [4.69, 9.17) is 27.9 Å². The first kappa shape index (κ1) is 15.4. The molecule has 2 aromatic rings. The third-order valence-electron chi connectivity index (χ3n) is 2.55. The lowest BCUT2D eigenvalue weighted by molar-refractivity contribution is 0.414. The third-order valence-corrected chi connectivity index (χ3v) is 3.05. The zero-order valence-corrected chi connectivity index (χ0v) is 12.8. The number of methoxy groups -OCH3 is 1. The number of allylic oxidation sites excluding steroid dienone is 1. The fraction of sp³-hybridized carbons (Fsp3) is 0.0667. The molecule has 0 aliphatic heterocycles. The van der Waals surface area contributed by atoms with E-state index in [2.05, 4.69) is 15.5 Å². The summed E-state index contributed by atoms with van der Waals surface area (Å²) < 4.78 is 5.25. The van der Waals surface area contributed by atoms with Crippen LogP contribution in [0.4, 0.5) is 5.82 Å². The molecule has 0 fully saturated rings. The molecule has 0 aliphatic carbocycles. The van der Waals surface area contributed by atoms with Gasteiger partial charge in [0, 0.05) is 18.0 Å². The van der Waals surface area contributed by atoms with E-state index in [-0.39, 0.29) is 0 Å². The van der Waals surface area contributed by atoms with Gasteiger partial charge in [0.25, 0.3) is 0 Å². The molecule has 0 aliphatic rings. The molecule has 0 amide bonds. The van der Waals surface area contributed by atoms with Crippen LogP contribution in [0.5, 0.6) is 5.75 Å². The normalized spacial score (nSPS) is 11.2. The average Bonchev–Trinajstić information content (AvgIpc) is 2.49. The summed E-state index contributed by atoms with van der Waals surface area (Å²) in [5, 5.41) is 4.90. The molecule has 1 aromatic heterocycles. The van der Waals surface area contributed by atoms with Gasteiger partial charge in [0.2, 0.25) is 0 Å². The SMILES string of the molecule is COc1ccccc1/C=C/C=N\Nc1ncc(Cl)cc1Cl. The van der Waals surface area contributed by atoms with Gasteiger partial charge in [-0.15, -0.1) is 0 Å². The molecule has 6 heteroatoms. The number of para-hydroxylation sites is 1. The van der Waals surface area contributed by atoms with Crippen molar-refractivity contribution < 1.29 is 4.74 Å². The highest BCUT2D eigenvalue weighted by molar-refractivity contribution is 6.35. The fourth-order valence-electron chi connectivity index (χ4n) is 1.59. The fourth-order valence-corrected chi connectivity index (χ4v) is 2.01. The van der Waals surface area contributed by atoms with Crippen molar-refractivity contribution in [3.63, 3.8) is 0 Å². The van der Waals surface area contributed by atoms with E-state index in [1.807, 2.05) is 30.3 Å². The molecule has 2 rings (SSSR count). The Kier molecular flexibility index (Phi) is 5.60. The number of hydrazone groups is 1. The molecule has 0 bridgehead atoms. The van der Waals surface area contributed by atoms with Crippen LogP contribution in [0.15, 0.2) is 47.7 Å². The van der Waals surface area contributed by atoms with Crippen molar-refractivity contribution in [1.82, 2.24) is 4.98 Å². The Hall–Kier alpha value is -2.04. The van der Waals surface area contributed by atoms with Crippen LogP contribution >= 0.6 is 23.2 Å². The van der Waals surface area contributed by atoms with Crippen LogP contribution in [0.2, 0.25) is 10.0 Å². The Morgan fingerprint density at radius 2 is 2.10 bits per heavy atom. The molecule has 1 aromatic carbocycles. The zero-order valence-electron chi connectivity index (χ0n) is 11.3. The summed E-state index contributed by atoms with van der Waals surface area (Å²) in [7, 11) is 1.64. The van der Waals surface area contributed by atoms with Gasteiger partial charge in [0.1, 0.15) is 5.75 Å². The molecule has 21 heavy (non-hydrogen) atoms. The Morgan fingerprint density at radius 1 is 1.29 bits per heavy atom. The number of hydrogen-bond donors (Lipinski definition) is 1. The van der Waals surface area contributed by atoms with Crippen molar-refractivity contribution in [3.8, 4) is 5.75 Å². The molecule has 0 unspecified atom stereocenters. The second-order valence-electron chi connectivity index (χ2n) is 3.98. The smallest absolute Gasteiger partial charge is 0.165 e. The predicted octanol–water partition coefficient (Wildman–Crippen LogP) is 4.51. The van der Waals surface area contributed by atoms with Crippen molar-refractivity contribution in [2.45, 2.75) is 0 Å². The summed E-state index contributed by atoms with van der Waals surface area (Å²) in [6, 6.07) is 9.30. The van der Waals surface area contributed by atoms with Crippen molar-refractivity contribution >= 4 is 41.3 Å². The quantitative estimate of drug-likeness (QED) is 0.651. The summed E-state index contributed by atoms with van der Waals surface area (Å²) in [4.78, 5) is 4.03. The summed E-state index contributed by atoms with van der Waals surface area (Å²) >= 11 is 11.7. The lowest BCUT2D eigenvalue weighted by atomic mass is 10.2. The van der Waals surface area contributed by atoms with Crippen molar-refractivity contribution in [2.75, 3.05) is 12.5 Å². The Bertz CT molecular complexity index is 672. The molecule has 0 saturated carbocycles. The summed E-state index contributed by atoms with van der Waals surface area (Å²) in [5.41, 5.74) is 3.71. The van der Waals surface area contributed by atoms with Gasteiger partial charge in [-0.2, -0.15) is 5.10 Å². The molecular weight excluding hydrogens is 309 g/mol. The van der Waals surface area contributed by atoms with E-state index < -0.39 is 0 Å². The number of benzene rings is 1. The number of nitrogens with one attached hydrogen (secondary N) is 1. The minimum Gasteiger partial charge on any atom is -0.496 e. The van der Waals surface area contributed by atoms with Crippen LogP contribution < -0.4 is 10.2 Å². The Balaban J connectivity index is 1.97. The first-order chi connectivity index (χ1) is 10.2. The van der Waals surface area contributed by atoms with E-state index >= 15 is 0 Å². The van der Waals surface area contributed by atoms with E-state index in [0.29, 0.717) is 15.9 Å². The summed E-state index contributed by atoms with van der Waals surface area (Å²) in [6.07, 6.45) is 6.77. The molecule has 108 valence electrons. The number of nitrogens with zero attached hydrogens (tertiary/aromatic N) is 2. The number of hydrogen-bond acceptors (Lipinski definition) is 4. The van der Waals surface area contributed by atoms with Gasteiger partial charge in [0.05, 0.1) is 17.2 Å². The van der Waals surface area contributed by atoms with Gasteiger partial charge in [0.15, 0.2) is 5.82 Å². The van der Waals surface area contributed by atoms with Crippen molar-refractivity contribution in [3.05, 3.63) is 58.2 Å². The van der Waals surface area contributed by atoms with Crippen LogP contribution in [-0.4, -0.2) is 18.3 Å². The standard InChI is InChI=1S/C15H13Cl2N3O/c1-21-14-7-3-2-5-11(14)6-4-8-19-20-15-13(17)9-12(16)10-18-15/h2-10H,1H3,(H,18,20)/b6-4+,19-8-. The van der Waals surface area contributed by atoms with Crippen LogP contribution in [0.25, 0.3) is 6.08 Å². The lowest BCUT2D eigenvalue weighted by Gasteiger charge is -2.02. The number of aromatic nitrogens is 1. The second-order valence-corrected chi connectivity index (χ2v) is 4.82. The monoisotopic (exact) mass is 321 g/mol. The topological polar surface area (TPSA) is 46.5 Å². The van der Waals surface area contributed by atoms with Crippen LogP contribution in [0.1, 0.15) is 5.56 Å². The van der Waals surface area contributed by atoms with Gasteiger partial charge in [-0.25, -0.2) is 4.98 Å². The largest absolute Gasteiger partial charge is 0.496 e. The maximum Gasteiger partial charge on any atom is 0.165 e. The van der Waals surface area contributed by atoms with Crippen molar-refractivity contribution in [2.24, 2.45) is 5.10 Å². The van der Waals surface area contributed by atoms with E-state index in [9.17, 15) is 0 Å². The average molecular weight is 322 g/mol. The number of pyridine rings is 1. The maximum absolute atomic E-state index is 5.96. The Labute approximate surface area is 133 Å². The second kappa shape index (κ2) is 7.67. The van der Waals surface area contributed by atoms with E-state index in [1.165, 1.54) is 6.20 Å². The predicted molar refractivity (Wildman–Crippen MR) is 88.4 cm³/mol. The minimum absolute atomic E-state index is 0.411. The number of rotatable bonds is 5. The van der Waals surface area contributed by atoms with E-state index in [1.54, 1.807) is 25.5 Å². The molecule has 0 spiro atoms. The number of anilines is 1. The molecule has 1 heterocycles. The minimum atomic E-state index is 0.411. The highest BCUT2D eigenvalue weighted by atomic mass is 35.5. The summed E-state index contributed by atoms with van der Waals surface area (Å²) in [6.45, 7) is 0. The van der Waals surface area contributed by atoms with Crippen LogP contribution in [0, 0.1) is 0 Å². The molecular formula is C15H13Cl2N3O. The maximum atomic E-state index is 5.96. The number of ether oxygens (including phenoxy) is 1. The zero-order chi connectivity index (χ0) is 15.1. The van der Waals surface area contributed by atoms with Gasteiger partial charge in [-0.1, -0.05) is 41.4 Å². The first-order valence-electron chi connectivity index (χ1n) is 6.10. The van der Waals surface area contributed by atoms with Gasteiger partial charge < -0.3 is 4.74 Å². The van der Waals surface area contributed by atoms with Gasteiger partial charge in [-0.3, -0.25) is 5.43 Å². The van der Waals surface area contributed by atoms with Gasteiger partial charge >= 0.3 is 0 Å². The van der Waals surface area contributed by atoms with E-state index in [0.717, 1.165) is 11.3 Å². The van der Waals surface area contributed by atoms with Crippen LogP contribution in [-0.2, 0) is 0 Å². The molecule has 4 nitrogen and oxygen atoms in total. The lowest BCUT2D eigenvalue weighted by Crippen LogP contribution is -1.92. The molecule has 0 atom stereocenters. The first-order valence-corrected chi connectivity index (χ1v) is 6.86. The van der Waals surface area contributed by atoms with Crippen molar-refractivity contribution in [1.29, 1.82) is 0 Å². The highest BCUT2D eigenvalue weighted by Crippen LogP contribution is 2.22. The highest BCUT2D eigenvalue weighted by Gasteiger charge is 2.00. The molecule has 0 radical (unpaired) electrons. The van der Waals surface area contributed by atoms with Crippen LogP contribution in [0.3, 0.4) is 0 Å². The van der Waals surface area contributed by atoms with Gasteiger partial charge in [-0.05, 0) is 24.3 Å².